The topological polar surface area (TPSA) is 68.0 Å². The maximum atomic E-state index is 12.4. The average molecular weight is 369 g/mol. The molecule has 138 valence electrons. The molecular weight excluding hydrogens is 350 g/mol. The molecule has 5 nitrogen and oxygen atoms in total. The van der Waals surface area contributed by atoms with Crippen LogP contribution < -0.4 is 5.32 Å². The summed E-state index contributed by atoms with van der Waals surface area (Å²) in [7, 11) is 0. The van der Waals surface area contributed by atoms with Gasteiger partial charge in [-0.3, -0.25) is 4.79 Å². The summed E-state index contributed by atoms with van der Waals surface area (Å²) in [5.41, 5.74) is 4.77. The number of aromatic nitrogens is 2. The number of carbonyl (C=O) groups is 1. The first kappa shape index (κ1) is 17.7. The predicted molar refractivity (Wildman–Crippen MR) is 108 cm³/mol. The van der Waals surface area contributed by atoms with Crippen LogP contribution in [0.5, 0.6) is 0 Å². The second-order valence-corrected chi connectivity index (χ2v) is 6.51. The summed E-state index contributed by atoms with van der Waals surface area (Å²) < 4.78 is 5.25. The summed E-state index contributed by atoms with van der Waals surface area (Å²) in [6, 6.07) is 25.4. The first-order chi connectivity index (χ1) is 13.7. The van der Waals surface area contributed by atoms with Crippen LogP contribution in [0.1, 0.15) is 21.8 Å². The van der Waals surface area contributed by atoms with Gasteiger partial charge in [-0.2, -0.15) is 4.98 Å². The molecule has 5 heteroatoms. The Kier molecular flexibility index (Phi) is 4.97. The molecule has 0 radical (unpaired) electrons. The number of rotatable bonds is 5. The molecule has 1 aromatic heterocycles. The van der Waals surface area contributed by atoms with Crippen molar-refractivity contribution in [3.05, 3.63) is 95.9 Å². The second kappa shape index (κ2) is 7.88. The lowest BCUT2D eigenvalue weighted by Gasteiger charge is -2.05. The van der Waals surface area contributed by atoms with Crippen molar-refractivity contribution in [1.82, 2.24) is 15.5 Å². The van der Waals surface area contributed by atoms with Gasteiger partial charge in [-0.25, -0.2) is 0 Å². The standard InChI is InChI=1S/C23H19N3O2/c1-16-6-5-9-20(14-16)22-25-21(28-26-22)15-24-23(27)19-12-10-18(11-13-19)17-7-3-2-4-8-17/h2-14H,15H2,1H3,(H,24,27). The van der Waals surface area contributed by atoms with Gasteiger partial charge in [-0.05, 0) is 36.2 Å². The van der Waals surface area contributed by atoms with Crippen LogP contribution in [-0.4, -0.2) is 16.0 Å². The van der Waals surface area contributed by atoms with E-state index in [1.807, 2.05) is 85.8 Å². The quantitative estimate of drug-likeness (QED) is 0.556. The molecule has 0 spiro atoms. The maximum absolute atomic E-state index is 12.4. The Labute approximate surface area is 163 Å². The summed E-state index contributed by atoms with van der Waals surface area (Å²) >= 11 is 0. The molecule has 0 fully saturated rings. The normalized spacial score (nSPS) is 10.6. The van der Waals surface area contributed by atoms with Crippen molar-refractivity contribution in [2.45, 2.75) is 13.5 Å². The molecule has 0 bridgehead atoms. The van der Waals surface area contributed by atoms with Crippen molar-refractivity contribution < 1.29 is 9.32 Å². The highest BCUT2D eigenvalue weighted by atomic mass is 16.5. The molecule has 0 atom stereocenters. The fourth-order valence-corrected chi connectivity index (χ4v) is 2.93. The number of benzene rings is 3. The molecule has 28 heavy (non-hydrogen) atoms. The summed E-state index contributed by atoms with van der Waals surface area (Å²) in [5, 5.41) is 6.80. The van der Waals surface area contributed by atoms with E-state index < -0.39 is 0 Å². The molecule has 1 N–H and O–H groups in total. The molecule has 0 aliphatic heterocycles. The highest BCUT2D eigenvalue weighted by Crippen LogP contribution is 2.19. The zero-order chi connectivity index (χ0) is 19.3. The summed E-state index contributed by atoms with van der Waals surface area (Å²) in [6.45, 7) is 2.19. The van der Waals surface area contributed by atoms with E-state index in [9.17, 15) is 4.79 Å². The molecule has 1 heterocycles. The number of aryl methyl sites for hydroxylation is 1. The van der Waals surface area contributed by atoms with Gasteiger partial charge in [-0.1, -0.05) is 71.4 Å². The lowest BCUT2D eigenvalue weighted by molar-refractivity contribution is 0.0946. The second-order valence-electron chi connectivity index (χ2n) is 6.51. The predicted octanol–water partition coefficient (Wildman–Crippen LogP) is 4.64. The third-order valence-electron chi connectivity index (χ3n) is 4.40. The number of hydrogen-bond acceptors (Lipinski definition) is 4. The minimum atomic E-state index is -0.185. The minimum absolute atomic E-state index is 0.179. The fourth-order valence-electron chi connectivity index (χ4n) is 2.93. The van der Waals surface area contributed by atoms with Gasteiger partial charge >= 0.3 is 0 Å². The van der Waals surface area contributed by atoms with Gasteiger partial charge < -0.3 is 9.84 Å². The van der Waals surface area contributed by atoms with E-state index in [0.29, 0.717) is 17.3 Å². The zero-order valence-electron chi connectivity index (χ0n) is 15.4. The Morgan fingerprint density at radius 3 is 2.36 bits per heavy atom. The average Bonchev–Trinajstić information content (AvgIpc) is 3.22. The number of nitrogens with zero attached hydrogens (tertiary/aromatic N) is 2. The van der Waals surface area contributed by atoms with E-state index in [-0.39, 0.29) is 12.5 Å². The number of nitrogens with one attached hydrogen (secondary N) is 1. The summed E-state index contributed by atoms with van der Waals surface area (Å²) in [5.74, 6) is 0.695. The Bertz CT molecular complexity index is 1090. The molecule has 1 amide bonds. The summed E-state index contributed by atoms with van der Waals surface area (Å²) in [6.07, 6.45) is 0. The van der Waals surface area contributed by atoms with Crippen LogP contribution in [0.4, 0.5) is 0 Å². The number of amides is 1. The molecule has 0 unspecified atom stereocenters. The Balaban J connectivity index is 1.39. The van der Waals surface area contributed by atoms with Crippen LogP contribution in [0.15, 0.2) is 83.4 Å². The van der Waals surface area contributed by atoms with Gasteiger partial charge in [0.2, 0.25) is 11.7 Å². The lowest BCUT2D eigenvalue weighted by atomic mass is 10.0. The molecule has 4 aromatic rings. The van der Waals surface area contributed by atoms with Gasteiger partial charge in [0.15, 0.2) is 0 Å². The van der Waals surface area contributed by atoms with Crippen molar-refractivity contribution in [2.24, 2.45) is 0 Å². The highest BCUT2D eigenvalue weighted by Gasteiger charge is 2.11. The number of carbonyl (C=O) groups excluding carboxylic acids is 1. The smallest absolute Gasteiger partial charge is 0.251 e. The van der Waals surface area contributed by atoms with Crippen molar-refractivity contribution in [3.63, 3.8) is 0 Å². The first-order valence-electron chi connectivity index (χ1n) is 9.02. The third kappa shape index (κ3) is 3.99. The van der Waals surface area contributed by atoms with E-state index in [2.05, 4.69) is 15.5 Å². The van der Waals surface area contributed by atoms with Crippen molar-refractivity contribution in [1.29, 1.82) is 0 Å². The van der Waals surface area contributed by atoms with Crippen LogP contribution in [0.2, 0.25) is 0 Å². The Morgan fingerprint density at radius 2 is 1.61 bits per heavy atom. The van der Waals surface area contributed by atoms with Crippen LogP contribution in [-0.2, 0) is 6.54 Å². The first-order valence-corrected chi connectivity index (χ1v) is 9.02. The van der Waals surface area contributed by atoms with Crippen molar-refractivity contribution in [3.8, 4) is 22.5 Å². The van der Waals surface area contributed by atoms with E-state index in [1.165, 1.54) is 0 Å². The van der Waals surface area contributed by atoms with Crippen LogP contribution >= 0.6 is 0 Å². The lowest BCUT2D eigenvalue weighted by Crippen LogP contribution is -2.22. The third-order valence-corrected chi connectivity index (χ3v) is 4.40. The van der Waals surface area contributed by atoms with Crippen LogP contribution in [0, 0.1) is 6.92 Å². The van der Waals surface area contributed by atoms with Crippen molar-refractivity contribution >= 4 is 5.91 Å². The number of hydrogen-bond donors (Lipinski definition) is 1. The Hall–Kier alpha value is -3.73. The van der Waals surface area contributed by atoms with E-state index in [4.69, 9.17) is 4.52 Å². The highest BCUT2D eigenvalue weighted by molar-refractivity contribution is 5.94. The fraction of sp³-hybridized carbons (Fsp3) is 0.0870. The van der Waals surface area contributed by atoms with Gasteiger partial charge in [0.05, 0.1) is 6.54 Å². The van der Waals surface area contributed by atoms with Crippen LogP contribution in [0.3, 0.4) is 0 Å². The van der Waals surface area contributed by atoms with Gasteiger partial charge in [-0.15, -0.1) is 0 Å². The van der Waals surface area contributed by atoms with Crippen LogP contribution in [0.25, 0.3) is 22.5 Å². The van der Waals surface area contributed by atoms with E-state index in [0.717, 1.165) is 22.3 Å². The monoisotopic (exact) mass is 369 g/mol. The maximum Gasteiger partial charge on any atom is 0.251 e. The van der Waals surface area contributed by atoms with Gasteiger partial charge in [0, 0.05) is 11.1 Å². The van der Waals surface area contributed by atoms with Crippen molar-refractivity contribution in [2.75, 3.05) is 0 Å². The largest absolute Gasteiger partial charge is 0.343 e. The Morgan fingerprint density at radius 1 is 0.893 bits per heavy atom. The molecule has 3 aromatic carbocycles. The molecule has 0 aliphatic rings. The SMILES string of the molecule is Cc1cccc(-c2noc(CNC(=O)c3ccc(-c4ccccc4)cc3)n2)c1. The van der Waals surface area contributed by atoms with E-state index >= 15 is 0 Å². The van der Waals surface area contributed by atoms with Gasteiger partial charge in [0.1, 0.15) is 0 Å². The minimum Gasteiger partial charge on any atom is -0.343 e. The summed E-state index contributed by atoms with van der Waals surface area (Å²) in [4.78, 5) is 16.7. The zero-order valence-corrected chi connectivity index (χ0v) is 15.4. The molecule has 0 saturated heterocycles. The molecular formula is C23H19N3O2. The van der Waals surface area contributed by atoms with Gasteiger partial charge in [0.25, 0.3) is 5.91 Å². The molecule has 0 saturated carbocycles. The molecule has 0 aliphatic carbocycles. The molecule has 4 rings (SSSR count). The van der Waals surface area contributed by atoms with E-state index in [1.54, 1.807) is 0 Å².